The van der Waals surface area contributed by atoms with E-state index in [1.54, 1.807) is 12.4 Å². The van der Waals surface area contributed by atoms with E-state index in [0.29, 0.717) is 30.4 Å². The zero-order valence-corrected chi connectivity index (χ0v) is 14.9. The lowest BCUT2D eigenvalue weighted by atomic mass is 9.94. The van der Waals surface area contributed by atoms with Gasteiger partial charge in [0, 0.05) is 42.5 Å². The molecule has 5 heteroatoms. The third-order valence-electron chi connectivity index (χ3n) is 4.01. The van der Waals surface area contributed by atoms with E-state index in [0.717, 1.165) is 17.8 Å². The SMILES string of the molecule is CC(C)CC(CCO)CNC(=O)c1ccc(Nc2ccncc2)cc1. The Morgan fingerprint density at radius 1 is 1.08 bits per heavy atom. The van der Waals surface area contributed by atoms with Crippen LogP contribution in [0, 0.1) is 11.8 Å². The number of hydrogen-bond acceptors (Lipinski definition) is 4. The van der Waals surface area contributed by atoms with Crippen molar-refractivity contribution in [3.63, 3.8) is 0 Å². The van der Waals surface area contributed by atoms with Gasteiger partial charge in [-0.3, -0.25) is 9.78 Å². The quantitative estimate of drug-likeness (QED) is 0.651. The molecule has 1 atom stereocenters. The maximum Gasteiger partial charge on any atom is 0.251 e. The summed E-state index contributed by atoms with van der Waals surface area (Å²) in [6.07, 6.45) is 5.16. The molecule has 2 rings (SSSR count). The lowest BCUT2D eigenvalue weighted by molar-refractivity contribution is 0.0941. The highest BCUT2D eigenvalue weighted by atomic mass is 16.3. The van der Waals surface area contributed by atoms with Crippen LogP contribution in [0.2, 0.25) is 0 Å². The van der Waals surface area contributed by atoms with E-state index in [1.165, 1.54) is 0 Å². The molecule has 0 aliphatic rings. The Morgan fingerprint density at radius 2 is 1.72 bits per heavy atom. The Hall–Kier alpha value is -2.40. The molecule has 1 aromatic heterocycles. The van der Waals surface area contributed by atoms with Crippen molar-refractivity contribution >= 4 is 17.3 Å². The number of amides is 1. The number of rotatable bonds is 9. The maximum absolute atomic E-state index is 12.3. The van der Waals surface area contributed by atoms with Crippen LogP contribution in [0.4, 0.5) is 11.4 Å². The molecular weight excluding hydrogens is 314 g/mol. The topological polar surface area (TPSA) is 74.2 Å². The second-order valence-corrected chi connectivity index (χ2v) is 6.66. The van der Waals surface area contributed by atoms with Crippen molar-refractivity contribution in [3.05, 3.63) is 54.4 Å². The molecule has 25 heavy (non-hydrogen) atoms. The van der Waals surface area contributed by atoms with Gasteiger partial charge in [-0.2, -0.15) is 0 Å². The molecule has 0 saturated heterocycles. The van der Waals surface area contributed by atoms with E-state index in [-0.39, 0.29) is 12.5 Å². The van der Waals surface area contributed by atoms with Crippen LogP contribution in [-0.4, -0.2) is 29.1 Å². The van der Waals surface area contributed by atoms with E-state index in [9.17, 15) is 4.79 Å². The van der Waals surface area contributed by atoms with Crippen molar-refractivity contribution < 1.29 is 9.90 Å². The molecule has 134 valence electrons. The smallest absolute Gasteiger partial charge is 0.251 e. The number of nitrogens with zero attached hydrogens (tertiary/aromatic N) is 1. The average molecular weight is 341 g/mol. The molecule has 0 aliphatic carbocycles. The fraction of sp³-hybridized carbons (Fsp3) is 0.400. The van der Waals surface area contributed by atoms with Crippen LogP contribution in [0.1, 0.15) is 37.0 Å². The number of carbonyl (C=O) groups excluding carboxylic acids is 1. The molecule has 0 bridgehead atoms. The van der Waals surface area contributed by atoms with Gasteiger partial charge in [0.05, 0.1) is 0 Å². The zero-order valence-electron chi connectivity index (χ0n) is 14.9. The first kappa shape index (κ1) is 18.9. The second kappa shape index (κ2) is 9.79. The first-order valence-corrected chi connectivity index (χ1v) is 8.74. The fourth-order valence-corrected chi connectivity index (χ4v) is 2.80. The Labute approximate surface area is 149 Å². The predicted molar refractivity (Wildman–Crippen MR) is 101 cm³/mol. The third-order valence-corrected chi connectivity index (χ3v) is 4.01. The summed E-state index contributed by atoms with van der Waals surface area (Å²) < 4.78 is 0. The summed E-state index contributed by atoms with van der Waals surface area (Å²) in [6.45, 7) is 5.05. The van der Waals surface area contributed by atoms with Crippen molar-refractivity contribution in [2.75, 3.05) is 18.5 Å². The van der Waals surface area contributed by atoms with E-state index in [2.05, 4.69) is 29.5 Å². The van der Waals surface area contributed by atoms with Crippen molar-refractivity contribution in [3.8, 4) is 0 Å². The fourth-order valence-electron chi connectivity index (χ4n) is 2.80. The van der Waals surface area contributed by atoms with Crippen molar-refractivity contribution in [1.82, 2.24) is 10.3 Å². The molecule has 5 nitrogen and oxygen atoms in total. The lowest BCUT2D eigenvalue weighted by Gasteiger charge is -2.18. The Balaban J connectivity index is 1.89. The standard InChI is InChI=1S/C20H27N3O2/c1-15(2)13-16(9-12-24)14-22-20(25)17-3-5-18(6-4-17)23-19-7-10-21-11-8-19/h3-8,10-11,15-16,24H,9,12-14H2,1-2H3,(H,21,23)(H,22,25). The minimum atomic E-state index is -0.0813. The highest BCUT2D eigenvalue weighted by molar-refractivity contribution is 5.94. The number of hydrogen-bond donors (Lipinski definition) is 3. The van der Waals surface area contributed by atoms with Crippen LogP contribution in [0.3, 0.4) is 0 Å². The van der Waals surface area contributed by atoms with Gasteiger partial charge in [0.1, 0.15) is 0 Å². The highest BCUT2D eigenvalue weighted by Gasteiger charge is 2.13. The van der Waals surface area contributed by atoms with Crippen LogP contribution in [0.5, 0.6) is 0 Å². The number of anilines is 2. The van der Waals surface area contributed by atoms with Gasteiger partial charge in [-0.15, -0.1) is 0 Å². The van der Waals surface area contributed by atoms with Crippen LogP contribution in [0.25, 0.3) is 0 Å². The minimum Gasteiger partial charge on any atom is -0.396 e. The number of aliphatic hydroxyl groups is 1. The summed E-state index contributed by atoms with van der Waals surface area (Å²) in [6, 6.07) is 11.2. The molecule has 1 heterocycles. The first-order chi connectivity index (χ1) is 12.1. The Bertz CT molecular complexity index is 642. The van der Waals surface area contributed by atoms with Crippen LogP contribution >= 0.6 is 0 Å². The van der Waals surface area contributed by atoms with Gasteiger partial charge >= 0.3 is 0 Å². The minimum absolute atomic E-state index is 0.0813. The molecule has 2 aromatic rings. The Morgan fingerprint density at radius 3 is 2.32 bits per heavy atom. The number of pyridine rings is 1. The van der Waals surface area contributed by atoms with E-state index < -0.39 is 0 Å². The summed E-state index contributed by atoms with van der Waals surface area (Å²) >= 11 is 0. The van der Waals surface area contributed by atoms with Gasteiger partial charge in [0.15, 0.2) is 0 Å². The number of nitrogens with one attached hydrogen (secondary N) is 2. The van der Waals surface area contributed by atoms with Crippen LogP contribution in [-0.2, 0) is 0 Å². The molecule has 0 fully saturated rings. The molecule has 0 saturated carbocycles. The summed E-state index contributed by atoms with van der Waals surface area (Å²) in [5.74, 6) is 0.774. The largest absolute Gasteiger partial charge is 0.396 e. The normalized spacial score (nSPS) is 12.0. The second-order valence-electron chi connectivity index (χ2n) is 6.66. The van der Waals surface area contributed by atoms with E-state index in [1.807, 2.05) is 36.4 Å². The third kappa shape index (κ3) is 6.55. The average Bonchev–Trinajstić information content (AvgIpc) is 2.61. The van der Waals surface area contributed by atoms with E-state index >= 15 is 0 Å². The van der Waals surface area contributed by atoms with Gasteiger partial charge in [0.25, 0.3) is 5.91 Å². The predicted octanol–water partition coefficient (Wildman–Crippen LogP) is 3.60. The summed E-state index contributed by atoms with van der Waals surface area (Å²) in [5.41, 5.74) is 2.50. The van der Waals surface area contributed by atoms with Gasteiger partial charge in [-0.05, 0) is 61.1 Å². The molecule has 1 unspecified atom stereocenters. The van der Waals surface area contributed by atoms with Crippen LogP contribution in [0.15, 0.2) is 48.8 Å². The highest BCUT2D eigenvalue weighted by Crippen LogP contribution is 2.17. The zero-order chi connectivity index (χ0) is 18.1. The van der Waals surface area contributed by atoms with Gasteiger partial charge in [0.2, 0.25) is 0 Å². The van der Waals surface area contributed by atoms with E-state index in [4.69, 9.17) is 5.11 Å². The van der Waals surface area contributed by atoms with Crippen molar-refractivity contribution in [2.45, 2.75) is 26.7 Å². The Kier molecular flexibility index (Phi) is 7.41. The number of benzene rings is 1. The summed E-state index contributed by atoms with van der Waals surface area (Å²) in [5, 5.41) is 15.4. The van der Waals surface area contributed by atoms with Gasteiger partial charge < -0.3 is 15.7 Å². The monoisotopic (exact) mass is 341 g/mol. The number of carbonyl (C=O) groups is 1. The summed E-state index contributed by atoms with van der Waals surface area (Å²) in [7, 11) is 0. The molecular formula is C20H27N3O2. The summed E-state index contributed by atoms with van der Waals surface area (Å²) in [4.78, 5) is 16.3. The first-order valence-electron chi connectivity index (χ1n) is 8.74. The number of aliphatic hydroxyl groups excluding tert-OH is 1. The molecule has 3 N–H and O–H groups in total. The van der Waals surface area contributed by atoms with Crippen molar-refractivity contribution in [1.29, 1.82) is 0 Å². The molecule has 0 aliphatic heterocycles. The van der Waals surface area contributed by atoms with Crippen molar-refractivity contribution in [2.24, 2.45) is 11.8 Å². The van der Waals surface area contributed by atoms with Crippen LogP contribution < -0.4 is 10.6 Å². The maximum atomic E-state index is 12.3. The molecule has 0 spiro atoms. The van der Waals surface area contributed by atoms with Gasteiger partial charge in [-0.25, -0.2) is 0 Å². The molecule has 1 aromatic carbocycles. The molecule has 0 radical (unpaired) electrons. The number of aromatic nitrogens is 1. The lowest BCUT2D eigenvalue weighted by Crippen LogP contribution is -2.30. The van der Waals surface area contributed by atoms with Gasteiger partial charge in [-0.1, -0.05) is 13.8 Å². The molecule has 1 amide bonds.